The molecule has 7 heteroatoms. The van der Waals surface area contributed by atoms with Gasteiger partial charge in [-0.15, -0.1) is 11.3 Å². The zero-order chi connectivity index (χ0) is 15.4. The van der Waals surface area contributed by atoms with Gasteiger partial charge in [0.05, 0.1) is 6.54 Å². The van der Waals surface area contributed by atoms with Gasteiger partial charge in [-0.25, -0.2) is 0 Å². The Morgan fingerprint density at radius 2 is 1.76 bits per heavy atom. The smallest absolute Gasteiger partial charge is 0.231 e. The highest BCUT2D eigenvalue weighted by Gasteiger charge is 2.08. The summed E-state index contributed by atoms with van der Waals surface area (Å²) in [5.41, 5.74) is 1.33. The van der Waals surface area contributed by atoms with E-state index in [0.29, 0.717) is 17.8 Å². The quantitative estimate of drug-likeness (QED) is 0.855. The van der Waals surface area contributed by atoms with Gasteiger partial charge in [-0.1, -0.05) is 0 Å². The van der Waals surface area contributed by atoms with Crippen molar-refractivity contribution in [2.45, 2.75) is 27.3 Å². The van der Waals surface area contributed by atoms with E-state index in [1.165, 1.54) is 15.3 Å². The molecular formula is C14H22N6S. The molecular weight excluding hydrogens is 284 g/mol. The van der Waals surface area contributed by atoms with Crippen LogP contribution in [0.3, 0.4) is 0 Å². The summed E-state index contributed by atoms with van der Waals surface area (Å²) in [6.07, 6.45) is 0. The van der Waals surface area contributed by atoms with Gasteiger partial charge in [0.1, 0.15) is 0 Å². The van der Waals surface area contributed by atoms with Crippen LogP contribution in [0.5, 0.6) is 0 Å². The van der Waals surface area contributed by atoms with E-state index in [2.05, 4.69) is 45.5 Å². The van der Waals surface area contributed by atoms with Crippen molar-refractivity contribution in [2.24, 2.45) is 0 Å². The van der Waals surface area contributed by atoms with Crippen molar-refractivity contribution >= 4 is 29.2 Å². The van der Waals surface area contributed by atoms with Crippen molar-refractivity contribution in [3.63, 3.8) is 0 Å². The summed E-state index contributed by atoms with van der Waals surface area (Å²) < 4.78 is 0. The molecule has 6 nitrogen and oxygen atoms in total. The van der Waals surface area contributed by atoms with Crippen LogP contribution in [-0.2, 0) is 6.54 Å². The third-order valence-corrected chi connectivity index (χ3v) is 4.15. The third-order valence-electron chi connectivity index (χ3n) is 3.00. The first-order chi connectivity index (χ1) is 9.99. The van der Waals surface area contributed by atoms with Crippen molar-refractivity contribution in [3.05, 3.63) is 21.4 Å². The second-order valence-corrected chi connectivity index (χ2v) is 6.35. The molecule has 0 aliphatic rings. The summed E-state index contributed by atoms with van der Waals surface area (Å²) in [6, 6.07) is 2.20. The molecule has 0 aliphatic heterocycles. The fraction of sp³-hybridized carbons (Fsp3) is 0.500. The number of aryl methyl sites for hydroxylation is 2. The van der Waals surface area contributed by atoms with Gasteiger partial charge < -0.3 is 15.5 Å². The molecule has 2 heterocycles. The van der Waals surface area contributed by atoms with Crippen molar-refractivity contribution in [3.8, 4) is 0 Å². The normalized spacial score (nSPS) is 10.5. The summed E-state index contributed by atoms with van der Waals surface area (Å²) in [5, 5.41) is 6.41. The zero-order valence-electron chi connectivity index (χ0n) is 13.2. The number of rotatable bonds is 6. The molecule has 0 amide bonds. The lowest BCUT2D eigenvalue weighted by Gasteiger charge is -2.13. The standard InChI is InChI=1S/C14H22N6S/c1-6-15-12-17-13(19-14(18-12)20(4)5)16-8-11-7-9(2)10(3)21-11/h7H,6,8H2,1-5H3,(H2,15,16,17,18,19). The molecule has 0 atom stereocenters. The highest BCUT2D eigenvalue weighted by Crippen LogP contribution is 2.21. The number of anilines is 3. The Bertz CT molecular complexity index is 588. The molecule has 2 aromatic heterocycles. The minimum absolute atomic E-state index is 0.591. The molecule has 0 radical (unpaired) electrons. The molecule has 0 unspecified atom stereocenters. The van der Waals surface area contributed by atoms with E-state index in [4.69, 9.17) is 0 Å². The third kappa shape index (κ3) is 4.04. The highest BCUT2D eigenvalue weighted by atomic mass is 32.1. The molecule has 2 aromatic rings. The van der Waals surface area contributed by atoms with Crippen LogP contribution in [0.4, 0.5) is 17.8 Å². The summed E-state index contributed by atoms with van der Waals surface area (Å²) in [7, 11) is 3.83. The highest BCUT2D eigenvalue weighted by molar-refractivity contribution is 7.12. The molecule has 2 rings (SSSR count). The first kappa shape index (κ1) is 15.5. The van der Waals surface area contributed by atoms with E-state index >= 15 is 0 Å². The summed E-state index contributed by atoms with van der Waals surface area (Å²) in [6.45, 7) is 7.79. The van der Waals surface area contributed by atoms with Gasteiger partial charge in [-0.2, -0.15) is 15.0 Å². The van der Waals surface area contributed by atoms with Crippen molar-refractivity contribution in [1.82, 2.24) is 15.0 Å². The first-order valence-electron chi connectivity index (χ1n) is 6.96. The fourth-order valence-corrected chi connectivity index (χ4v) is 2.78. The second-order valence-electron chi connectivity index (χ2n) is 5.01. The molecule has 0 aromatic carbocycles. The largest absolute Gasteiger partial charge is 0.354 e. The molecule has 114 valence electrons. The van der Waals surface area contributed by atoms with Gasteiger partial charge >= 0.3 is 0 Å². The van der Waals surface area contributed by atoms with E-state index in [9.17, 15) is 0 Å². The molecule has 0 fully saturated rings. The van der Waals surface area contributed by atoms with Crippen LogP contribution in [0.15, 0.2) is 6.07 Å². The van der Waals surface area contributed by atoms with Crippen molar-refractivity contribution in [1.29, 1.82) is 0 Å². The molecule has 0 spiro atoms. The summed E-state index contributed by atoms with van der Waals surface area (Å²) in [5.74, 6) is 1.83. The Morgan fingerprint density at radius 3 is 2.29 bits per heavy atom. The topological polar surface area (TPSA) is 66.0 Å². The number of hydrogen-bond acceptors (Lipinski definition) is 7. The lowest BCUT2D eigenvalue weighted by molar-refractivity contribution is 0.938. The van der Waals surface area contributed by atoms with E-state index in [1.807, 2.05) is 25.9 Å². The van der Waals surface area contributed by atoms with Crippen LogP contribution in [-0.4, -0.2) is 35.6 Å². The monoisotopic (exact) mass is 306 g/mol. The molecule has 0 saturated heterocycles. The van der Waals surface area contributed by atoms with Crippen LogP contribution in [0.1, 0.15) is 22.2 Å². The van der Waals surface area contributed by atoms with Gasteiger partial charge in [-0.05, 0) is 32.4 Å². The predicted molar refractivity (Wildman–Crippen MR) is 89.4 cm³/mol. The van der Waals surface area contributed by atoms with Gasteiger partial charge in [0.15, 0.2) is 0 Å². The maximum Gasteiger partial charge on any atom is 0.231 e. The number of aromatic nitrogens is 3. The van der Waals surface area contributed by atoms with Crippen molar-refractivity contribution in [2.75, 3.05) is 36.2 Å². The lowest BCUT2D eigenvalue weighted by atomic mass is 10.3. The maximum absolute atomic E-state index is 4.42. The van der Waals surface area contributed by atoms with Crippen LogP contribution < -0.4 is 15.5 Å². The SMILES string of the molecule is CCNc1nc(NCc2cc(C)c(C)s2)nc(N(C)C)n1. The van der Waals surface area contributed by atoms with E-state index in [0.717, 1.165) is 13.1 Å². The number of nitrogens with zero attached hydrogens (tertiary/aromatic N) is 4. The molecule has 0 aliphatic carbocycles. The average molecular weight is 306 g/mol. The molecule has 21 heavy (non-hydrogen) atoms. The summed E-state index contributed by atoms with van der Waals surface area (Å²) >= 11 is 1.80. The molecule has 0 saturated carbocycles. The van der Waals surface area contributed by atoms with Crippen LogP contribution in [0.2, 0.25) is 0 Å². The van der Waals surface area contributed by atoms with E-state index in [-0.39, 0.29) is 0 Å². The Balaban J connectivity index is 2.14. The maximum atomic E-state index is 4.42. The fourth-order valence-electron chi connectivity index (χ4n) is 1.78. The van der Waals surface area contributed by atoms with Gasteiger partial charge in [-0.3, -0.25) is 0 Å². The summed E-state index contributed by atoms with van der Waals surface area (Å²) in [4.78, 5) is 17.7. The Morgan fingerprint density at radius 1 is 1.10 bits per heavy atom. The van der Waals surface area contributed by atoms with Gasteiger partial charge in [0.25, 0.3) is 0 Å². The zero-order valence-corrected chi connectivity index (χ0v) is 14.0. The lowest BCUT2D eigenvalue weighted by Crippen LogP contribution is -2.17. The van der Waals surface area contributed by atoms with Gasteiger partial charge in [0, 0.05) is 30.4 Å². The predicted octanol–water partition coefficient (Wildman–Crippen LogP) is 2.66. The van der Waals surface area contributed by atoms with Crippen LogP contribution >= 0.6 is 11.3 Å². The van der Waals surface area contributed by atoms with E-state index in [1.54, 1.807) is 11.3 Å². The molecule has 0 bridgehead atoms. The second kappa shape index (κ2) is 6.71. The van der Waals surface area contributed by atoms with E-state index < -0.39 is 0 Å². The first-order valence-corrected chi connectivity index (χ1v) is 7.78. The van der Waals surface area contributed by atoms with Gasteiger partial charge in [0.2, 0.25) is 17.8 Å². The minimum atomic E-state index is 0.591. The van der Waals surface area contributed by atoms with Crippen LogP contribution in [0, 0.1) is 13.8 Å². The number of nitrogens with one attached hydrogen (secondary N) is 2. The van der Waals surface area contributed by atoms with Crippen molar-refractivity contribution < 1.29 is 0 Å². The number of hydrogen-bond donors (Lipinski definition) is 2. The van der Waals surface area contributed by atoms with Crippen LogP contribution in [0.25, 0.3) is 0 Å². The Kier molecular flexibility index (Phi) is 4.95. The molecule has 2 N–H and O–H groups in total. The minimum Gasteiger partial charge on any atom is -0.354 e. The average Bonchev–Trinajstić information content (AvgIpc) is 2.76. The Hall–Kier alpha value is -1.89. The Labute approximate surface area is 129 Å². The number of thiophene rings is 1.